The van der Waals surface area contributed by atoms with Gasteiger partial charge < -0.3 is 0 Å². The third kappa shape index (κ3) is 1.90. The summed E-state index contributed by atoms with van der Waals surface area (Å²) in [5.41, 5.74) is 1.31. The van der Waals surface area contributed by atoms with Crippen LogP contribution in [0, 0.1) is 0 Å². The highest BCUT2D eigenvalue weighted by atomic mass is 35.5. The predicted octanol–water partition coefficient (Wildman–Crippen LogP) is 2.89. The van der Waals surface area contributed by atoms with Crippen LogP contribution in [0.3, 0.4) is 0 Å². The van der Waals surface area contributed by atoms with Crippen LogP contribution in [0.1, 0.15) is 0 Å². The molecule has 0 aliphatic carbocycles. The molecule has 0 saturated heterocycles. The summed E-state index contributed by atoms with van der Waals surface area (Å²) < 4.78 is 1.35. The Bertz CT molecular complexity index is 1020. The summed E-state index contributed by atoms with van der Waals surface area (Å²) in [6.45, 7) is 0. The normalized spacial score (nSPS) is 11.3. The molecule has 0 atom stereocenters. The van der Waals surface area contributed by atoms with Crippen molar-refractivity contribution in [3.63, 3.8) is 0 Å². The van der Waals surface area contributed by atoms with Gasteiger partial charge in [0.05, 0.1) is 10.9 Å². The summed E-state index contributed by atoms with van der Waals surface area (Å²) in [6, 6.07) is 14.4. The van der Waals surface area contributed by atoms with Crippen molar-refractivity contribution in [2.45, 2.75) is 0 Å². The van der Waals surface area contributed by atoms with Gasteiger partial charge in [-0.3, -0.25) is 9.89 Å². The fraction of sp³-hybridized carbons (Fsp3) is 0. The van der Waals surface area contributed by atoms with E-state index in [1.165, 1.54) is 4.52 Å². The number of benzene rings is 2. The summed E-state index contributed by atoms with van der Waals surface area (Å²) in [5.74, 6) is 0.926. The molecule has 2 aromatic heterocycles. The number of halogens is 1. The Balaban J connectivity index is 2.01. The molecule has 102 valence electrons. The molecule has 2 heterocycles. The molecule has 0 saturated carbocycles. The van der Waals surface area contributed by atoms with Crippen LogP contribution in [0.15, 0.2) is 53.3 Å². The summed E-state index contributed by atoms with van der Waals surface area (Å²) >= 11 is 5.88. The molecule has 0 spiro atoms. The van der Waals surface area contributed by atoms with Gasteiger partial charge in [0.15, 0.2) is 5.82 Å². The Kier molecular flexibility index (Phi) is 2.55. The van der Waals surface area contributed by atoms with E-state index in [4.69, 9.17) is 11.6 Å². The summed E-state index contributed by atoms with van der Waals surface area (Å²) in [4.78, 5) is 21.2. The molecule has 2 aromatic carbocycles. The quantitative estimate of drug-likeness (QED) is 0.587. The van der Waals surface area contributed by atoms with E-state index in [1.807, 2.05) is 24.3 Å². The van der Waals surface area contributed by atoms with Crippen molar-refractivity contribution in [1.29, 1.82) is 0 Å². The minimum absolute atomic E-state index is 0.164. The topological polar surface area (TPSA) is 63.0 Å². The second kappa shape index (κ2) is 4.43. The predicted molar refractivity (Wildman–Crippen MR) is 81.6 cm³/mol. The maximum atomic E-state index is 12.4. The van der Waals surface area contributed by atoms with Crippen LogP contribution in [-0.2, 0) is 0 Å². The molecular formula is C15H9ClN4O. The molecule has 4 aromatic rings. The number of H-pyrrole nitrogens is 1. The number of nitrogens with one attached hydrogen (secondary N) is 1. The Morgan fingerprint density at radius 1 is 1.00 bits per heavy atom. The molecule has 21 heavy (non-hydrogen) atoms. The molecule has 0 radical (unpaired) electrons. The van der Waals surface area contributed by atoms with E-state index in [0.717, 1.165) is 5.56 Å². The van der Waals surface area contributed by atoms with Crippen molar-refractivity contribution < 1.29 is 0 Å². The smallest absolute Gasteiger partial charge is 0.271 e. The molecule has 0 unspecified atom stereocenters. The highest BCUT2D eigenvalue weighted by Crippen LogP contribution is 2.18. The lowest BCUT2D eigenvalue weighted by atomic mass is 10.2. The Hall–Kier alpha value is -2.66. The van der Waals surface area contributed by atoms with Gasteiger partial charge in [0.1, 0.15) is 0 Å². The molecule has 1 N–H and O–H groups in total. The molecule has 5 nitrogen and oxygen atoms in total. The zero-order valence-electron chi connectivity index (χ0n) is 10.7. The Morgan fingerprint density at radius 2 is 1.76 bits per heavy atom. The molecule has 0 fully saturated rings. The average molecular weight is 297 g/mol. The third-order valence-corrected chi connectivity index (χ3v) is 3.56. The summed E-state index contributed by atoms with van der Waals surface area (Å²) in [6.07, 6.45) is 0. The van der Waals surface area contributed by atoms with Gasteiger partial charge in [0.25, 0.3) is 11.3 Å². The molecule has 6 heteroatoms. The number of nitrogens with zero attached hydrogens (tertiary/aromatic N) is 3. The highest BCUT2D eigenvalue weighted by Gasteiger charge is 2.10. The first kappa shape index (κ1) is 12.1. The molecule has 0 aliphatic heterocycles. The van der Waals surface area contributed by atoms with Gasteiger partial charge in [-0.15, -0.1) is 0 Å². The zero-order chi connectivity index (χ0) is 14.4. The fourth-order valence-electron chi connectivity index (χ4n) is 2.26. The molecule has 0 aliphatic rings. The standard InChI is InChI=1S/C15H9ClN4O/c16-10-7-5-9(6-8-10)13-18-15-17-12-4-2-1-3-11(12)14(21)20(15)19-13/h1-8H,(H,17,18,19). The van der Waals surface area contributed by atoms with Crippen molar-refractivity contribution in [2.75, 3.05) is 0 Å². The van der Waals surface area contributed by atoms with Gasteiger partial charge in [-0.2, -0.15) is 9.50 Å². The summed E-state index contributed by atoms with van der Waals surface area (Å²) in [7, 11) is 0. The van der Waals surface area contributed by atoms with Crippen molar-refractivity contribution in [2.24, 2.45) is 0 Å². The third-order valence-electron chi connectivity index (χ3n) is 3.31. The Morgan fingerprint density at radius 3 is 2.57 bits per heavy atom. The van der Waals surface area contributed by atoms with Crippen molar-refractivity contribution >= 4 is 28.3 Å². The molecule has 4 rings (SSSR count). The first-order valence-electron chi connectivity index (χ1n) is 6.36. The van der Waals surface area contributed by atoms with Crippen LogP contribution in [0.5, 0.6) is 0 Å². The lowest BCUT2D eigenvalue weighted by molar-refractivity contribution is 0.919. The van der Waals surface area contributed by atoms with Crippen LogP contribution in [0.4, 0.5) is 0 Å². The maximum absolute atomic E-state index is 12.4. The number of para-hydroxylation sites is 1. The second-order valence-electron chi connectivity index (χ2n) is 4.65. The van der Waals surface area contributed by atoms with Gasteiger partial charge in [0, 0.05) is 10.6 Å². The number of fused-ring (bicyclic) bond motifs is 2. The van der Waals surface area contributed by atoms with Gasteiger partial charge in [-0.05, 0) is 36.4 Å². The SMILES string of the molecule is O=c1c2ccccc2nc2nc(-c3ccc(Cl)cc3)[nH]n12. The first-order valence-corrected chi connectivity index (χ1v) is 6.74. The minimum Gasteiger partial charge on any atom is -0.271 e. The number of hydrogen-bond acceptors (Lipinski definition) is 3. The number of hydrogen-bond donors (Lipinski definition) is 1. The molecular weight excluding hydrogens is 288 g/mol. The number of rotatable bonds is 1. The number of aromatic nitrogens is 4. The fourth-order valence-corrected chi connectivity index (χ4v) is 2.39. The van der Waals surface area contributed by atoms with E-state index >= 15 is 0 Å². The number of aromatic amines is 1. The van der Waals surface area contributed by atoms with Crippen LogP contribution in [0.2, 0.25) is 5.02 Å². The van der Waals surface area contributed by atoms with Crippen LogP contribution in [0.25, 0.3) is 28.1 Å². The minimum atomic E-state index is -0.164. The van der Waals surface area contributed by atoms with E-state index in [0.29, 0.717) is 27.5 Å². The maximum Gasteiger partial charge on any atom is 0.281 e. The van der Waals surface area contributed by atoms with Crippen molar-refractivity contribution in [3.8, 4) is 11.4 Å². The van der Waals surface area contributed by atoms with E-state index in [9.17, 15) is 4.79 Å². The van der Waals surface area contributed by atoms with Gasteiger partial charge in [-0.1, -0.05) is 23.7 Å². The van der Waals surface area contributed by atoms with Crippen molar-refractivity contribution in [3.05, 3.63) is 63.9 Å². The van der Waals surface area contributed by atoms with Crippen LogP contribution in [-0.4, -0.2) is 19.6 Å². The lowest BCUT2D eigenvalue weighted by Gasteiger charge is -1.96. The van der Waals surface area contributed by atoms with E-state index in [2.05, 4.69) is 15.1 Å². The van der Waals surface area contributed by atoms with E-state index in [-0.39, 0.29) is 5.56 Å². The zero-order valence-corrected chi connectivity index (χ0v) is 11.5. The molecule has 0 amide bonds. The Labute approximate surface area is 123 Å². The monoisotopic (exact) mass is 296 g/mol. The summed E-state index contributed by atoms with van der Waals surface area (Å²) in [5, 5.41) is 4.18. The second-order valence-corrected chi connectivity index (χ2v) is 5.09. The largest absolute Gasteiger partial charge is 0.281 e. The van der Waals surface area contributed by atoms with E-state index < -0.39 is 0 Å². The highest BCUT2D eigenvalue weighted by molar-refractivity contribution is 6.30. The molecule has 0 bridgehead atoms. The van der Waals surface area contributed by atoms with Crippen LogP contribution >= 0.6 is 11.6 Å². The van der Waals surface area contributed by atoms with Gasteiger partial charge in [0.2, 0.25) is 0 Å². The lowest BCUT2D eigenvalue weighted by Crippen LogP contribution is -2.15. The van der Waals surface area contributed by atoms with Gasteiger partial charge >= 0.3 is 0 Å². The first-order chi connectivity index (χ1) is 10.2. The van der Waals surface area contributed by atoms with E-state index in [1.54, 1.807) is 24.3 Å². The average Bonchev–Trinajstić information content (AvgIpc) is 2.92. The van der Waals surface area contributed by atoms with Crippen molar-refractivity contribution in [1.82, 2.24) is 19.6 Å². The van der Waals surface area contributed by atoms with Gasteiger partial charge in [-0.25, -0.2) is 4.98 Å². The van der Waals surface area contributed by atoms with Crippen LogP contribution < -0.4 is 5.56 Å².